The van der Waals surface area contributed by atoms with Crippen LogP contribution in [0.15, 0.2) is 46.9 Å². The van der Waals surface area contributed by atoms with E-state index < -0.39 is 0 Å². The second-order valence-corrected chi connectivity index (χ2v) is 6.85. The highest BCUT2D eigenvalue weighted by Crippen LogP contribution is 2.25. The van der Waals surface area contributed by atoms with Gasteiger partial charge in [-0.2, -0.15) is 0 Å². The molecule has 1 aromatic heterocycles. The Labute approximate surface area is 146 Å². The predicted octanol–water partition coefficient (Wildman–Crippen LogP) is 4.52. The Balaban J connectivity index is 1.73. The van der Waals surface area contributed by atoms with Crippen molar-refractivity contribution in [1.82, 2.24) is 5.32 Å². The topological polar surface area (TPSA) is 66.1 Å². The van der Waals surface area contributed by atoms with Crippen LogP contribution in [0.5, 0.6) is 0 Å². The molecule has 0 aliphatic heterocycles. The van der Waals surface area contributed by atoms with Crippen LogP contribution in [-0.4, -0.2) is 11.9 Å². The van der Waals surface area contributed by atoms with Crippen LogP contribution < -0.4 is 10.9 Å². The lowest BCUT2D eigenvalue weighted by Crippen LogP contribution is -2.36. The van der Waals surface area contributed by atoms with E-state index >= 15 is 0 Å². The van der Waals surface area contributed by atoms with E-state index in [-0.39, 0.29) is 17.5 Å². The van der Waals surface area contributed by atoms with E-state index in [0.29, 0.717) is 11.1 Å². The van der Waals surface area contributed by atoms with Gasteiger partial charge in [-0.3, -0.25) is 10.2 Å². The highest BCUT2D eigenvalue weighted by molar-refractivity contribution is 6.07. The number of amides is 1. The van der Waals surface area contributed by atoms with Crippen molar-refractivity contribution in [2.45, 2.75) is 44.6 Å². The normalized spacial score (nSPS) is 16.0. The third-order valence-corrected chi connectivity index (χ3v) is 5.11. The van der Waals surface area contributed by atoms with E-state index in [4.69, 9.17) is 9.83 Å². The molecule has 0 unspecified atom stereocenters. The number of rotatable bonds is 2. The summed E-state index contributed by atoms with van der Waals surface area (Å²) in [5, 5.41) is 14.2. The summed E-state index contributed by atoms with van der Waals surface area (Å²) in [6.07, 6.45) is 6.84. The fraction of sp³-hybridized carbons (Fsp3) is 0.333. The zero-order valence-electron chi connectivity index (χ0n) is 14.2. The first-order chi connectivity index (χ1) is 12.2. The van der Waals surface area contributed by atoms with E-state index in [1.807, 2.05) is 36.4 Å². The van der Waals surface area contributed by atoms with Gasteiger partial charge >= 0.3 is 0 Å². The van der Waals surface area contributed by atoms with Gasteiger partial charge in [-0.05, 0) is 35.7 Å². The van der Waals surface area contributed by atoms with E-state index in [0.717, 1.165) is 41.8 Å². The summed E-state index contributed by atoms with van der Waals surface area (Å²) in [6.45, 7) is 0. The van der Waals surface area contributed by atoms with Crippen molar-refractivity contribution in [2.75, 3.05) is 0 Å². The molecule has 0 bridgehead atoms. The number of hydrogen-bond donors (Lipinski definition) is 2. The van der Waals surface area contributed by atoms with Gasteiger partial charge in [-0.25, -0.2) is 0 Å². The van der Waals surface area contributed by atoms with E-state index in [1.54, 1.807) is 6.07 Å². The second-order valence-electron chi connectivity index (χ2n) is 6.85. The Morgan fingerprint density at radius 2 is 1.76 bits per heavy atom. The molecule has 128 valence electrons. The molecule has 1 amide bonds. The van der Waals surface area contributed by atoms with Crippen molar-refractivity contribution in [3.63, 3.8) is 0 Å². The van der Waals surface area contributed by atoms with Crippen LogP contribution in [0.2, 0.25) is 0 Å². The van der Waals surface area contributed by atoms with Crippen LogP contribution in [0.3, 0.4) is 0 Å². The Hall–Kier alpha value is -2.62. The molecule has 25 heavy (non-hydrogen) atoms. The van der Waals surface area contributed by atoms with Crippen LogP contribution >= 0.6 is 0 Å². The molecule has 4 heteroatoms. The average molecular weight is 334 g/mol. The Morgan fingerprint density at radius 3 is 2.56 bits per heavy atom. The monoisotopic (exact) mass is 334 g/mol. The Kier molecular flexibility index (Phi) is 4.26. The van der Waals surface area contributed by atoms with Crippen LogP contribution in [-0.2, 0) is 0 Å². The summed E-state index contributed by atoms with van der Waals surface area (Å²) in [6, 6.07) is 13.9. The summed E-state index contributed by atoms with van der Waals surface area (Å²) >= 11 is 0. The molecule has 2 N–H and O–H groups in total. The van der Waals surface area contributed by atoms with Gasteiger partial charge in [0.1, 0.15) is 11.1 Å². The Morgan fingerprint density at radius 1 is 1.00 bits per heavy atom. The lowest BCUT2D eigenvalue weighted by atomic mass is 10.0. The molecule has 0 spiro atoms. The highest BCUT2D eigenvalue weighted by atomic mass is 16.3. The molecular weight excluding hydrogens is 312 g/mol. The van der Waals surface area contributed by atoms with Crippen molar-refractivity contribution >= 4 is 27.6 Å². The minimum atomic E-state index is -0.199. The lowest BCUT2D eigenvalue weighted by molar-refractivity contribution is 0.0929. The molecule has 4 nitrogen and oxygen atoms in total. The Bertz CT molecular complexity index is 982. The standard InChI is InChI=1S/C21H22N2O2/c22-20-18(21(24)23-15-8-3-1-2-4-9-15)13-17-16-10-6-5-7-14(16)11-12-19(17)25-20/h5-7,10-13,15,22H,1-4,8-9H2,(H,23,24). The molecule has 1 saturated carbocycles. The van der Waals surface area contributed by atoms with E-state index in [1.165, 1.54) is 12.8 Å². The number of fused-ring (bicyclic) bond motifs is 3. The fourth-order valence-electron chi connectivity index (χ4n) is 3.74. The minimum absolute atomic E-state index is 0.0751. The lowest BCUT2D eigenvalue weighted by Gasteiger charge is -2.16. The van der Waals surface area contributed by atoms with Crippen molar-refractivity contribution in [3.8, 4) is 0 Å². The van der Waals surface area contributed by atoms with Gasteiger partial charge in [0.15, 0.2) is 0 Å². The van der Waals surface area contributed by atoms with Gasteiger partial charge < -0.3 is 9.73 Å². The van der Waals surface area contributed by atoms with E-state index in [9.17, 15) is 4.79 Å². The number of hydrogen-bond acceptors (Lipinski definition) is 3. The maximum absolute atomic E-state index is 12.7. The van der Waals surface area contributed by atoms with Gasteiger partial charge in [-0.15, -0.1) is 0 Å². The first-order valence-electron chi connectivity index (χ1n) is 9.03. The van der Waals surface area contributed by atoms with Crippen LogP contribution in [0.25, 0.3) is 21.7 Å². The van der Waals surface area contributed by atoms with Crippen LogP contribution in [0.1, 0.15) is 48.9 Å². The van der Waals surface area contributed by atoms with Crippen LogP contribution in [0, 0.1) is 5.41 Å². The summed E-state index contributed by atoms with van der Waals surface area (Å²) in [5.41, 5.74) is 0.872. The van der Waals surface area contributed by atoms with Crippen molar-refractivity contribution in [3.05, 3.63) is 53.6 Å². The zero-order chi connectivity index (χ0) is 17.2. The zero-order valence-corrected chi connectivity index (χ0v) is 14.2. The van der Waals surface area contributed by atoms with Crippen molar-refractivity contribution in [1.29, 1.82) is 5.41 Å². The predicted molar refractivity (Wildman–Crippen MR) is 98.5 cm³/mol. The van der Waals surface area contributed by atoms with Crippen molar-refractivity contribution in [2.24, 2.45) is 0 Å². The largest absolute Gasteiger partial charge is 0.438 e. The number of nitrogens with one attached hydrogen (secondary N) is 2. The number of benzene rings is 2. The van der Waals surface area contributed by atoms with Gasteiger partial charge in [-0.1, -0.05) is 56.0 Å². The van der Waals surface area contributed by atoms with Crippen molar-refractivity contribution < 1.29 is 9.21 Å². The second kappa shape index (κ2) is 6.71. The molecule has 1 heterocycles. The SMILES string of the molecule is N=c1oc2ccc3ccccc3c2cc1C(=O)NC1CCCCCC1. The molecule has 0 atom stereocenters. The molecule has 4 rings (SSSR count). The highest BCUT2D eigenvalue weighted by Gasteiger charge is 2.18. The molecule has 0 saturated heterocycles. The molecule has 3 aromatic rings. The maximum atomic E-state index is 12.7. The van der Waals surface area contributed by atoms with E-state index in [2.05, 4.69) is 5.32 Å². The van der Waals surface area contributed by atoms with Crippen LogP contribution in [0.4, 0.5) is 0 Å². The van der Waals surface area contributed by atoms with Gasteiger partial charge in [0.25, 0.3) is 5.91 Å². The maximum Gasteiger partial charge on any atom is 0.257 e. The number of carbonyl (C=O) groups is 1. The number of carbonyl (C=O) groups excluding carboxylic acids is 1. The summed E-state index contributed by atoms with van der Waals surface area (Å²) in [7, 11) is 0. The fourth-order valence-corrected chi connectivity index (χ4v) is 3.74. The quantitative estimate of drug-likeness (QED) is 0.534. The molecule has 1 fully saturated rings. The third-order valence-electron chi connectivity index (χ3n) is 5.11. The molecule has 1 aliphatic rings. The summed E-state index contributed by atoms with van der Waals surface area (Å²) < 4.78 is 5.64. The molecule has 1 aliphatic carbocycles. The van der Waals surface area contributed by atoms with Gasteiger partial charge in [0.2, 0.25) is 5.55 Å². The summed E-state index contributed by atoms with van der Waals surface area (Å²) in [4.78, 5) is 12.7. The van der Waals surface area contributed by atoms with Gasteiger partial charge in [0, 0.05) is 11.4 Å². The average Bonchev–Trinajstić information content (AvgIpc) is 2.89. The molecule has 0 radical (unpaired) electrons. The minimum Gasteiger partial charge on any atom is -0.438 e. The van der Waals surface area contributed by atoms with Gasteiger partial charge in [0.05, 0.1) is 0 Å². The molecule has 2 aromatic carbocycles. The third kappa shape index (κ3) is 3.16. The first kappa shape index (κ1) is 15.9. The molecular formula is C21H22N2O2. The summed E-state index contributed by atoms with van der Waals surface area (Å²) in [5.74, 6) is -0.199. The smallest absolute Gasteiger partial charge is 0.257 e. The first-order valence-corrected chi connectivity index (χ1v) is 9.03.